The summed E-state index contributed by atoms with van der Waals surface area (Å²) in [4.78, 5) is 14.5. The lowest BCUT2D eigenvalue weighted by Gasteiger charge is -1.97. The maximum atomic E-state index is 12.9. The van der Waals surface area contributed by atoms with Gasteiger partial charge >= 0.3 is 5.97 Å². The topological polar surface area (TPSA) is 50.2 Å². The van der Waals surface area contributed by atoms with E-state index in [2.05, 4.69) is 4.98 Å². The highest BCUT2D eigenvalue weighted by Crippen LogP contribution is 2.22. The number of thiazole rings is 1. The predicted octanol–water partition coefficient (Wildman–Crippen LogP) is 2.26. The summed E-state index contributed by atoms with van der Waals surface area (Å²) in [6.45, 7) is 0. The third kappa shape index (κ3) is 2.12. The van der Waals surface area contributed by atoms with Crippen LogP contribution >= 0.6 is 11.3 Å². The van der Waals surface area contributed by atoms with Crippen molar-refractivity contribution in [2.24, 2.45) is 0 Å². The molecular formula is C10H8FNO2S. The fourth-order valence-electron chi connectivity index (χ4n) is 1.25. The van der Waals surface area contributed by atoms with Crippen LogP contribution in [0, 0.1) is 0 Å². The molecule has 3 nitrogen and oxygen atoms in total. The summed E-state index contributed by atoms with van der Waals surface area (Å²) < 4.78 is 13.9. The van der Waals surface area contributed by atoms with E-state index >= 15 is 0 Å². The van der Waals surface area contributed by atoms with Gasteiger partial charge in [0.1, 0.15) is 0 Å². The second-order valence-electron chi connectivity index (χ2n) is 3.09. The van der Waals surface area contributed by atoms with Crippen molar-refractivity contribution in [1.82, 2.24) is 4.98 Å². The molecule has 1 N–H and O–H groups in total. The van der Waals surface area contributed by atoms with E-state index in [1.165, 1.54) is 11.3 Å². The molecule has 78 valence electrons. The molecule has 2 aromatic rings. The van der Waals surface area contributed by atoms with Crippen molar-refractivity contribution in [2.75, 3.05) is 0 Å². The van der Waals surface area contributed by atoms with Crippen LogP contribution in [0.3, 0.4) is 0 Å². The van der Waals surface area contributed by atoms with Gasteiger partial charge in [0.15, 0.2) is 0 Å². The molecule has 2 rings (SSSR count). The number of halogens is 1. The molecule has 0 fully saturated rings. The highest BCUT2D eigenvalue weighted by atomic mass is 32.1. The molecule has 5 heteroatoms. The number of hydrogen-bond donors (Lipinski definition) is 1. The van der Waals surface area contributed by atoms with Gasteiger partial charge < -0.3 is 5.11 Å². The van der Waals surface area contributed by atoms with Gasteiger partial charge in [0, 0.05) is 6.42 Å². The van der Waals surface area contributed by atoms with Gasteiger partial charge in [-0.25, -0.2) is 14.2 Å². The predicted molar refractivity (Wildman–Crippen MR) is 55.9 cm³/mol. The molecule has 1 heterocycles. The number of hydrogen-bond acceptors (Lipinski definition) is 3. The molecule has 0 radical (unpaired) electrons. The lowest BCUT2D eigenvalue weighted by atomic mass is 10.3. The maximum absolute atomic E-state index is 12.9. The van der Waals surface area contributed by atoms with Crippen LogP contribution in [-0.4, -0.2) is 22.2 Å². The zero-order valence-corrected chi connectivity index (χ0v) is 8.50. The fraction of sp³-hybridized carbons (Fsp3) is 0.200. The second-order valence-corrected chi connectivity index (χ2v) is 4.20. The van der Waals surface area contributed by atoms with Crippen molar-refractivity contribution in [2.45, 2.75) is 12.6 Å². The normalized spacial score (nSPS) is 12.9. The first-order valence-electron chi connectivity index (χ1n) is 4.38. The van der Waals surface area contributed by atoms with E-state index < -0.39 is 12.1 Å². The largest absolute Gasteiger partial charge is 0.479 e. The Labute approximate surface area is 89.2 Å². The Morgan fingerprint density at radius 1 is 1.53 bits per heavy atom. The molecule has 1 atom stereocenters. The molecule has 0 saturated heterocycles. The first kappa shape index (κ1) is 10.0. The lowest BCUT2D eigenvalue weighted by Crippen LogP contribution is -2.16. The summed E-state index contributed by atoms with van der Waals surface area (Å²) in [6, 6.07) is 7.41. The van der Waals surface area contributed by atoms with Gasteiger partial charge in [-0.3, -0.25) is 0 Å². The Hall–Kier alpha value is -1.49. The first-order chi connectivity index (χ1) is 7.16. The summed E-state index contributed by atoms with van der Waals surface area (Å²) in [7, 11) is 0. The third-order valence-electron chi connectivity index (χ3n) is 1.96. The van der Waals surface area contributed by atoms with Crippen molar-refractivity contribution in [3.63, 3.8) is 0 Å². The minimum atomic E-state index is -1.87. The minimum Gasteiger partial charge on any atom is -0.479 e. The van der Waals surface area contributed by atoms with Crippen LogP contribution in [0.1, 0.15) is 5.01 Å². The van der Waals surface area contributed by atoms with E-state index in [-0.39, 0.29) is 6.42 Å². The molecule has 0 aliphatic heterocycles. The van der Waals surface area contributed by atoms with Crippen LogP contribution in [0.5, 0.6) is 0 Å². The molecule has 0 aliphatic rings. The average molecular weight is 225 g/mol. The standard InChI is InChI=1S/C10H8FNO2S/c11-6(10(13)14)5-9-12-7-3-1-2-4-8(7)15-9/h1-4,6H,5H2,(H,13,14). The highest BCUT2D eigenvalue weighted by Gasteiger charge is 2.18. The van der Waals surface area contributed by atoms with Crippen molar-refractivity contribution in [3.05, 3.63) is 29.3 Å². The zero-order chi connectivity index (χ0) is 10.8. The molecule has 0 saturated carbocycles. The van der Waals surface area contributed by atoms with E-state index in [0.29, 0.717) is 5.01 Å². The number of carbonyl (C=O) groups is 1. The number of aromatic nitrogens is 1. The quantitative estimate of drug-likeness (QED) is 0.871. The Kier molecular flexibility index (Phi) is 2.64. The average Bonchev–Trinajstić information content (AvgIpc) is 2.59. The number of carboxylic acid groups (broad SMARTS) is 1. The number of carboxylic acids is 1. The summed E-state index contributed by atoms with van der Waals surface area (Å²) in [5, 5.41) is 8.94. The van der Waals surface area contributed by atoms with E-state index in [1.807, 2.05) is 24.3 Å². The SMILES string of the molecule is O=C(O)C(F)Cc1nc2ccccc2s1. The number of alkyl halides is 1. The monoisotopic (exact) mass is 225 g/mol. The summed E-state index contributed by atoms with van der Waals surface area (Å²) in [5.41, 5.74) is 0.787. The van der Waals surface area contributed by atoms with Gasteiger partial charge in [0.05, 0.1) is 15.2 Å². The van der Waals surface area contributed by atoms with Crippen molar-refractivity contribution in [1.29, 1.82) is 0 Å². The van der Waals surface area contributed by atoms with Crippen molar-refractivity contribution in [3.8, 4) is 0 Å². The lowest BCUT2D eigenvalue weighted by molar-refractivity contribution is -0.142. The van der Waals surface area contributed by atoms with Crippen LogP contribution in [0.4, 0.5) is 4.39 Å². The smallest absolute Gasteiger partial charge is 0.338 e. The van der Waals surface area contributed by atoms with Crippen LogP contribution in [-0.2, 0) is 11.2 Å². The molecule has 0 spiro atoms. The van der Waals surface area contributed by atoms with Crippen LogP contribution in [0.2, 0.25) is 0 Å². The second kappa shape index (κ2) is 3.94. The summed E-state index contributed by atoms with van der Waals surface area (Å²) >= 11 is 1.33. The number of benzene rings is 1. The first-order valence-corrected chi connectivity index (χ1v) is 5.20. The molecule has 0 aliphatic carbocycles. The third-order valence-corrected chi connectivity index (χ3v) is 3.02. The van der Waals surface area contributed by atoms with Crippen molar-refractivity contribution < 1.29 is 14.3 Å². The van der Waals surface area contributed by atoms with Gasteiger partial charge in [-0.15, -0.1) is 11.3 Å². The molecule has 1 unspecified atom stereocenters. The zero-order valence-electron chi connectivity index (χ0n) is 7.68. The fourth-order valence-corrected chi connectivity index (χ4v) is 2.24. The van der Waals surface area contributed by atoms with Crippen LogP contribution in [0.25, 0.3) is 10.2 Å². The Morgan fingerprint density at radius 3 is 2.93 bits per heavy atom. The van der Waals surface area contributed by atoms with Gasteiger partial charge in [-0.05, 0) is 12.1 Å². The molecule has 1 aromatic carbocycles. The Bertz CT molecular complexity index is 464. The number of para-hydroxylation sites is 1. The van der Waals surface area contributed by atoms with Gasteiger partial charge in [-0.2, -0.15) is 0 Å². The Morgan fingerprint density at radius 2 is 2.27 bits per heavy atom. The summed E-state index contributed by atoms with van der Waals surface area (Å²) in [5.74, 6) is -1.44. The highest BCUT2D eigenvalue weighted by molar-refractivity contribution is 7.18. The molecule has 0 bridgehead atoms. The van der Waals surface area contributed by atoms with Crippen LogP contribution in [0.15, 0.2) is 24.3 Å². The van der Waals surface area contributed by atoms with Gasteiger partial charge in [0.25, 0.3) is 0 Å². The number of rotatable bonds is 3. The Balaban J connectivity index is 2.26. The van der Waals surface area contributed by atoms with E-state index in [4.69, 9.17) is 5.11 Å². The van der Waals surface area contributed by atoms with Gasteiger partial charge in [0.2, 0.25) is 6.17 Å². The van der Waals surface area contributed by atoms with E-state index in [1.54, 1.807) is 0 Å². The molecular weight excluding hydrogens is 217 g/mol. The van der Waals surface area contributed by atoms with Crippen molar-refractivity contribution >= 4 is 27.5 Å². The number of fused-ring (bicyclic) bond motifs is 1. The maximum Gasteiger partial charge on any atom is 0.338 e. The molecule has 1 aromatic heterocycles. The van der Waals surface area contributed by atoms with E-state index in [9.17, 15) is 9.18 Å². The van der Waals surface area contributed by atoms with E-state index in [0.717, 1.165) is 10.2 Å². The minimum absolute atomic E-state index is 0.158. The van der Waals surface area contributed by atoms with Crippen LogP contribution < -0.4 is 0 Å². The van der Waals surface area contributed by atoms with Gasteiger partial charge in [-0.1, -0.05) is 12.1 Å². The summed E-state index contributed by atoms with van der Waals surface area (Å²) in [6.07, 6.45) is -2.03. The molecule has 15 heavy (non-hydrogen) atoms. The molecule has 0 amide bonds. The number of aliphatic carboxylic acids is 1. The number of nitrogens with zero attached hydrogens (tertiary/aromatic N) is 1.